The third-order valence-corrected chi connectivity index (χ3v) is 6.62. The summed E-state index contributed by atoms with van der Waals surface area (Å²) in [5.74, 6) is -1.18. The van der Waals surface area contributed by atoms with Crippen LogP contribution in [0.15, 0.2) is 36.7 Å². The number of anilines is 2. The van der Waals surface area contributed by atoms with Crippen molar-refractivity contribution >= 4 is 57.0 Å². The third kappa shape index (κ3) is 4.57. The smallest absolute Gasteiger partial charge is 0.383 e. The number of benzene rings is 1. The van der Waals surface area contributed by atoms with E-state index in [1.807, 2.05) is 0 Å². The molecule has 0 aliphatic carbocycles. The second kappa shape index (κ2) is 9.39. The van der Waals surface area contributed by atoms with Crippen LogP contribution in [0.1, 0.15) is 17.5 Å². The zero-order chi connectivity index (χ0) is 27.4. The highest BCUT2D eigenvalue weighted by Crippen LogP contribution is 2.38. The van der Waals surface area contributed by atoms with Gasteiger partial charge in [0.05, 0.1) is 23.0 Å². The van der Waals surface area contributed by atoms with E-state index in [2.05, 4.69) is 20.3 Å². The number of aromatic nitrogens is 4. The van der Waals surface area contributed by atoms with Crippen LogP contribution in [0.3, 0.4) is 0 Å². The SMILES string of the molecule is Cc1cc(C(F)(F)F)cc2c3c(N)ncnc3n(CC(=O)N3C[C@H](F)C[C@@H]3C(=O)Nc3cccc(Cl)n3)c12. The molecule has 14 heteroatoms. The number of nitrogens with two attached hydrogens (primary N) is 1. The number of carbonyl (C=O) groups excluding carboxylic acids is 2. The van der Waals surface area contributed by atoms with E-state index in [4.69, 9.17) is 17.3 Å². The van der Waals surface area contributed by atoms with E-state index >= 15 is 0 Å². The average Bonchev–Trinajstić information content (AvgIpc) is 3.38. The first-order valence-corrected chi connectivity index (χ1v) is 11.8. The Bertz CT molecular complexity index is 1590. The monoisotopic (exact) mass is 549 g/mol. The standard InChI is InChI=1S/C24H20ClF4N7O2/c1-11-5-12(24(27,28)29)6-14-19-21(30)31-10-32-22(19)36(20(11)14)9-18(37)35-8-13(26)7-15(35)23(38)34-17-4-2-3-16(25)33-17/h2-6,10,13,15H,7-9H2,1H3,(H2,30,31,32)(H,33,34,38)/t13-,15-/m1/s1. The number of fused-ring (bicyclic) bond motifs is 3. The maximum atomic E-state index is 14.4. The normalized spacial score (nSPS) is 17.9. The van der Waals surface area contributed by atoms with E-state index in [-0.39, 0.29) is 51.7 Å². The van der Waals surface area contributed by atoms with Crippen LogP contribution in [0.5, 0.6) is 0 Å². The summed E-state index contributed by atoms with van der Waals surface area (Å²) in [7, 11) is 0. The largest absolute Gasteiger partial charge is 0.416 e. The Hall–Kier alpha value is -4.00. The van der Waals surface area contributed by atoms with Crippen LogP contribution in [0.4, 0.5) is 29.2 Å². The lowest BCUT2D eigenvalue weighted by Crippen LogP contribution is -2.44. The molecule has 0 saturated carbocycles. The van der Waals surface area contributed by atoms with Gasteiger partial charge < -0.3 is 20.5 Å². The van der Waals surface area contributed by atoms with E-state index in [0.29, 0.717) is 5.52 Å². The lowest BCUT2D eigenvalue weighted by molar-refractivity contribution is -0.137. The molecule has 2 atom stereocenters. The molecule has 0 unspecified atom stereocenters. The molecular weight excluding hydrogens is 530 g/mol. The highest BCUT2D eigenvalue weighted by Gasteiger charge is 2.40. The zero-order valence-corrected chi connectivity index (χ0v) is 20.5. The molecule has 4 heterocycles. The fourth-order valence-corrected chi connectivity index (χ4v) is 4.99. The number of halogens is 5. The predicted octanol–water partition coefficient (Wildman–Crippen LogP) is 4.12. The lowest BCUT2D eigenvalue weighted by atomic mass is 10.1. The van der Waals surface area contributed by atoms with Crippen molar-refractivity contribution < 1.29 is 27.2 Å². The van der Waals surface area contributed by atoms with Gasteiger partial charge in [-0.1, -0.05) is 17.7 Å². The summed E-state index contributed by atoms with van der Waals surface area (Å²) in [6, 6.07) is 5.35. The molecule has 3 N–H and O–H groups in total. The van der Waals surface area contributed by atoms with Gasteiger partial charge >= 0.3 is 6.18 Å². The van der Waals surface area contributed by atoms with Crippen LogP contribution in [-0.4, -0.2) is 55.0 Å². The van der Waals surface area contributed by atoms with Gasteiger partial charge in [0, 0.05) is 11.8 Å². The number of nitrogens with one attached hydrogen (secondary N) is 1. The topological polar surface area (TPSA) is 119 Å². The molecule has 38 heavy (non-hydrogen) atoms. The highest BCUT2D eigenvalue weighted by atomic mass is 35.5. The van der Waals surface area contributed by atoms with Gasteiger partial charge in [0.15, 0.2) is 0 Å². The summed E-state index contributed by atoms with van der Waals surface area (Å²) >= 11 is 5.85. The molecule has 1 saturated heterocycles. The number of nitrogen functional groups attached to an aromatic ring is 1. The van der Waals surface area contributed by atoms with Crippen LogP contribution in [0.2, 0.25) is 5.15 Å². The molecule has 5 rings (SSSR count). The highest BCUT2D eigenvalue weighted by molar-refractivity contribution is 6.29. The van der Waals surface area contributed by atoms with Crippen molar-refractivity contribution in [3.05, 3.63) is 52.9 Å². The Morgan fingerprint density at radius 1 is 1.24 bits per heavy atom. The van der Waals surface area contributed by atoms with Gasteiger partial charge in [-0.25, -0.2) is 19.3 Å². The molecule has 1 aliphatic heterocycles. The van der Waals surface area contributed by atoms with Gasteiger partial charge in [-0.2, -0.15) is 13.2 Å². The second-order valence-corrected chi connectivity index (χ2v) is 9.35. The Balaban J connectivity index is 1.52. The van der Waals surface area contributed by atoms with Crippen LogP contribution >= 0.6 is 11.6 Å². The molecule has 198 valence electrons. The van der Waals surface area contributed by atoms with Gasteiger partial charge in [-0.15, -0.1) is 0 Å². The molecule has 1 fully saturated rings. The number of likely N-dealkylation sites (tertiary alicyclic amines) is 1. The fourth-order valence-electron chi connectivity index (χ4n) is 4.83. The molecule has 9 nitrogen and oxygen atoms in total. The van der Waals surface area contributed by atoms with Crippen molar-refractivity contribution in [2.24, 2.45) is 0 Å². The molecule has 2 amide bonds. The van der Waals surface area contributed by atoms with E-state index in [1.54, 1.807) is 6.07 Å². The molecule has 0 spiro atoms. The Morgan fingerprint density at radius 3 is 2.71 bits per heavy atom. The Labute approximate surface area is 217 Å². The van der Waals surface area contributed by atoms with Gasteiger partial charge in [0.1, 0.15) is 47.5 Å². The molecule has 0 radical (unpaired) electrons. The number of amides is 2. The Kier molecular flexibility index (Phi) is 6.33. The maximum Gasteiger partial charge on any atom is 0.416 e. The first-order valence-electron chi connectivity index (χ1n) is 11.4. The number of carbonyl (C=O) groups is 2. The maximum absolute atomic E-state index is 14.4. The number of nitrogens with zero attached hydrogens (tertiary/aromatic N) is 5. The molecule has 0 bridgehead atoms. The van der Waals surface area contributed by atoms with Gasteiger partial charge in [-0.3, -0.25) is 9.59 Å². The summed E-state index contributed by atoms with van der Waals surface area (Å²) in [6.07, 6.45) is -5.15. The van der Waals surface area contributed by atoms with Gasteiger partial charge in [-0.05, 0) is 36.8 Å². The van der Waals surface area contributed by atoms with Crippen molar-refractivity contribution in [3.63, 3.8) is 0 Å². The predicted molar refractivity (Wildman–Crippen MR) is 132 cm³/mol. The molecule has 4 aromatic rings. The van der Waals surface area contributed by atoms with Crippen LogP contribution in [0.25, 0.3) is 21.9 Å². The summed E-state index contributed by atoms with van der Waals surface area (Å²) in [6.45, 7) is 0.725. The Morgan fingerprint density at radius 2 is 2.00 bits per heavy atom. The zero-order valence-electron chi connectivity index (χ0n) is 19.8. The summed E-state index contributed by atoms with van der Waals surface area (Å²) in [5, 5.41) is 2.97. The van der Waals surface area contributed by atoms with Crippen molar-refractivity contribution in [3.8, 4) is 0 Å². The number of hydrogen-bond acceptors (Lipinski definition) is 6. The number of aryl methyl sites for hydroxylation is 1. The number of rotatable bonds is 4. The van der Waals surface area contributed by atoms with Crippen molar-refractivity contribution in [2.75, 3.05) is 17.6 Å². The van der Waals surface area contributed by atoms with Crippen LogP contribution in [0, 0.1) is 6.92 Å². The van der Waals surface area contributed by atoms with Crippen LogP contribution in [-0.2, 0) is 22.3 Å². The lowest BCUT2D eigenvalue weighted by Gasteiger charge is -2.24. The fraction of sp³-hybridized carbons (Fsp3) is 0.292. The van der Waals surface area contributed by atoms with E-state index < -0.39 is 42.3 Å². The van der Waals surface area contributed by atoms with Gasteiger partial charge in [0.25, 0.3) is 0 Å². The first-order chi connectivity index (χ1) is 17.9. The van der Waals surface area contributed by atoms with E-state index in [0.717, 1.165) is 23.4 Å². The summed E-state index contributed by atoms with van der Waals surface area (Å²) in [5.41, 5.74) is 5.79. The molecule has 1 aliphatic rings. The minimum Gasteiger partial charge on any atom is -0.383 e. The third-order valence-electron chi connectivity index (χ3n) is 6.41. The van der Waals surface area contributed by atoms with Crippen molar-refractivity contribution in [1.29, 1.82) is 0 Å². The van der Waals surface area contributed by atoms with Gasteiger partial charge in [0.2, 0.25) is 11.8 Å². The molecule has 1 aromatic carbocycles. The van der Waals surface area contributed by atoms with Crippen molar-refractivity contribution in [2.45, 2.75) is 38.3 Å². The number of alkyl halides is 4. The van der Waals surface area contributed by atoms with Crippen molar-refractivity contribution in [1.82, 2.24) is 24.4 Å². The van der Waals surface area contributed by atoms with Crippen LogP contribution < -0.4 is 11.1 Å². The first kappa shape index (κ1) is 25.6. The van der Waals surface area contributed by atoms with E-state index in [9.17, 15) is 27.2 Å². The summed E-state index contributed by atoms with van der Waals surface area (Å²) in [4.78, 5) is 39.5. The second-order valence-electron chi connectivity index (χ2n) is 8.96. The average molecular weight is 550 g/mol. The minimum absolute atomic E-state index is 0.0544. The quantitative estimate of drug-likeness (QED) is 0.292. The number of pyridine rings is 1. The molecular formula is C24H20ClF4N7O2. The number of hydrogen-bond donors (Lipinski definition) is 2. The van der Waals surface area contributed by atoms with E-state index in [1.165, 1.54) is 23.6 Å². The minimum atomic E-state index is -4.61. The summed E-state index contributed by atoms with van der Waals surface area (Å²) < 4.78 is 56.5. The molecule has 3 aromatic heterocycles.